The molecule has 0 radical (unpaired) electrons. The van der Waals surface area contributed by atoms with Crippen molar-refractivity contribution in [3.8, 4) is 0 Å². The fourth-order valence-corrected chi connectivity index (χ4v) is 2.33. The van der Waals surface area contributed by atoms with Crippen molar-refractivity contribution in [1.29, 1.82) is 0 Å². The van der Waals surface area contributed by atoms with Crippen molar-refractivity contribution in [3.63, 3.8) is 0 Å². The molecule has 0 fully saturated rings. The Morgan fingerprint density at radius 2 is 2.21 bits per heavy atom. The number of hydrogen-bond acceptors (Lipinski definition) is 2. The lowest BCUT2D eigenvalue weighted by atomic mass is 9.85. The van der Waals surface area contributed by atoms with E-state index in [2.05, 4.69) is 57.6 Å². The molecule has 0 amide bonds. The number of aliphatic imine (C=N–C) groups is 1. The molecule has 4 heteroatoms. The fraction of sp³-hybridized carbons (Fsp3) is 0.900. The molecule has 0 aliphatic heterocycles. The van der Waals surface area contributed by atoms with Crippen molar-refractivity contribution in [2.75, 3.05) is 6.54 Å². The summed E-state index contributed by atoms with van der Waals surface area (Å²) < 4.78 is 0. The van der Waals surface area contributed by atoms with E-state index in [-0.39, 0.29) is 5.41 Å². The maximum Gasteiger partial charge on any atom is 0.293 e. The van der Waals surface area contributed by atoms with Gasteiger partial charge in [-0.25, -0.2) is 0 Å². The van der Waals surface area contributed by atoms with Crippen molar-refractivity contribution >= 4 is 26.8 Å². The monoisotopic (exact) mass is 233 g/mol. The number of nitrogens with one attached hydrogen (secondary N) is 1. The Hall–Kier alpha value is 0.190. The van der Waals surface area contributed by atoms with Crippen LogP contribution in [0.4, 0.5) is 0 Å². The molecule has 0 aromatic carbocycles. The van der Waals surface area contributed by atoms with Crippen LogP contribution in [-0.2, 0) is 12.2 Å². The highest BCUT2D eigenvalue weighted by Crippen LogP contribution is 2.25. The highest BCUT2D eigenvalue weighted by Gasteiger charge is 2.22. The van der Waals surface area contributed by atoms with Crippen LogP contribution in [-0.4, -0.2) is 17.7 Å². The highest BCUT2D eigenvalue weighted by atomic mass is 32.1. The van der Waals surface area contributed by atoms with E-state index in [0.29, 0.717) is 6.04 Å². The minimum Gasteiger partial charge on any atom is -0.300 e. The van der Waals surface area contributed by atoms with Gasteiger partial charge in [0.15, 0.2) is 0 Å². The summed E-state index contributed by atoms with van der Waals surface area (Å²) in [5.74, 6) is 0. The van der Waals surface area contributed by atoms with Gasteiger partial charge in [0.1, 0.15) is 0 Å². The first kappa shape index (κ1) is 14.2. The molecule has 0 aliphatic rings. The van der Waals surface area contributed by atoms with Crippen LogP contribution in [0.3, 0.4) is 0 Å². The first-order valence-corrected chi connectivity index (χ1v) is 6.10. The standard InChI is InChI=1S/C10H21N2PS/c1-4-5-9(11-8-14)6-10(2,3)7-12-13/h9,12H,4-7,13H2,1-3H3/p+1. The molecule has 0 rings (SSSR count). The molecule has 0 spiro atoms. The number of nitrogens with zero attached hydrogens (tertiary/aromatic N) is 1. The van der Waals surface area contributed by atoms with E-state index in [4.69, 9.17) is 0 Å². The van der Waals surface area contributed by atoms with Crippen LogP contribution in [0.15, 0.2) is 4.99 Å². The zero-order valence-electron chi connectivity index (χ0n) is 9.38. The maximum atomic E-state index is 4.26. The van der Waals surface area contributed by atoms with Crippen LogP contribution < -0.4 is 5.09 Å². The normalized spacial score (nSPS) is 13.4. The minimum absolute atomic E-state index is 0.274. The molecule has 82 valence electrons. The van der Waals surface area contributed by atoms with E-state index in [9.17, 15) is 0 Å². The van der Waals surface area contributed by atoms with Crippen LogP contribution >= 0.6 is 9.39 Å². The van der Waals surface area contributed by atoms with Gasteiger partial charge in [-0.1, -0.05) is 36.6 Å². The van der Waals surface area contributed by atoms with E-state index >= 15 is 0 Å². The molecule has 0 aromatic rings. The van der Waals surface area contributed by atoms with Crippen LogP contribution in [0.25, 0.3) is 0 Å². The first-order valence-electron chi connectivity index (χ1n) is 5.08. The fourth-order valence-electron chi connectivity index (χ4n) is 1.61. The van der Waals surface area contributed by atoms with Crippen molar-refractivity contribution < 1.29 is 0 Å². The Kier molecular flexibility index (Phi) is 7.58. The van der Waals surface area contributed by atoms with Gasteiger partial charge >= 0.3 is 0 Å². The Balaban J connectivity index is 4.19. The molecular weight excluding hydrogens is 211 g/mol. The van der Waals surface area contributed by atoms with Crippen molar-refractivity contribution in [1.82, 2.24) is 5.09 Å². The molecule has 1 N–H and O–H groups in total. The van der Waals surface area contributed by atoms with Gasteiger partial charge < -0.3 is 5.09 Å². The second-order valence-corrected chi connectivity index (χ2v) is 5.03. The van der Waals surface area contributed by atoms with Crippen LogP contribution in [0.1, 0.15) is 40.0 Å². The van der Waals surface area contributed by atoms with Gasteiger partial charge in [0.2, 0.25) is 12.2 Å². The lowest BCUT2D eigenvalue weighted by Gasteiger charge is -2.26. The summed E-state index contributed by atoms with van der Waals surface area (Å²) in [6, 6.07) is 0.367. The van der Waals surface area contributed by atoms with Gasteiger partial charge in [-0.2, -0.15) is 4.99 Å². The van der Waals surface area contributed by atoms with Crippen LogP contribution in [0.5, 0.6) is 0 Å². The lowest BCUT2D eigenvalue weighted by molar-refractivity contribution is 0.301. The molecule has 0 aromatic heterocycles. The van der Waals surface area contributed by atoms with Crippen LogP contribution in [0, 0.1) is 5.41 Å². The predicted octanol–water partition coefficient (Wildman–Crippen LogP) is 2.14. The second-order valence-electron chi connectivity index (χ2n) is 4.42. The maximum absolute atomic E-state index is 4.26. The summed E-state index contributed by atoms with van der Waals surface area (Å²) >= 11 is 3.92. The van der Waals surface area contributed by atoms with Crippen LogP contribution in [0.2, 0.25) is 0 Å². The molecule has 0 saturated heterocycles. The SMILES string of the molecule is CCCC(CC(C)(C)CNP)N=C=[SH+]. The summed E-state index contributed by atoms with van der Waals surface area (Å²) in [5.41, 5.74) is 0.274. The van der Waals surface area contributed by atoms with E-state index in [0.717, 1.165) is 25.8 Å². The molecule has 0 aliphatic carbocycles. The summed E-state index contributed by atoms with van der Waals surface area (Å²) in [4.78, 5) is 4.26. The number of thiol groups is 1. The first-order chi connectivity index (χ1) is 6.55. The van der Waals surface area contributed by atoms with Gasteiger partial charge in [-0.3, -0.25) is 0 Å². The number of hydrogen-bond donors (Lipinski definition) is 1. The summed E-state index contributed by atoms with van der Waals surface area (Å²) in [7, 11) is 2.55. The van der Waals surface area contributed by atoms with Gasteiger partial charge in [0, 0.05) is 6.54 Å². The van der Waals surface area contributed by atoms with Crippen molar-refractivity contribution in [3.05, 3.63) is 0 Å². The Morgan fingerprint density at radius 1 is 1.57 bits per heavy atom. The molecular formula is C10H22N2PS+. The predicted molar refractivity (Wildman–Crippen MR) is 71.0 cm³/mol. The number of rotatable bonds is 7. The molecule has 0 bridgehead atoms. The third kappa shape index (κ3) is 6.62. The number of isothiocyanates is 1. The zero-order chi connectivity index (χ0) is 11.0. The zero-order valence-corrected chi connectivity index (χ0v) is 11.4. The topological polar surface area (TPSA) is 24.4 Å². The molecule has 0 saturated carbocycles. The molecule has 2 nitrogen and oxygen atoms in total. The van der Waals surface area contributed by atoms with E-state index in [1.807, 2.05) is 0 Å². The molecule has 0 heterocycles. The average Bonchev–Trinajstić information content (AvgIpc) is 2.03. The largest absolute Gasteiger partial charge is 0.300 e. The highest BCUT2D eigenvalue weighted by molar-refractivity contribution is 7.57. The lowest BCUT2D eigenvalue weighted by Crippen LogP contribution is -2.28. The molecule has 14 heavy (non-hydrogen) atoms. The van der Waals surface area contributed by atoms with Gasteiger partial charge in [0.25, 0.3) is 5.16 Å². The average molecular weight is 233 g/mol. The smallest absolute Gasteiger partial charge is 0.293 e. The van der Waals surface area contributed by atoms with Crippen molar-refractivity contribution in [2.24, 2.45) is 10.4 Å². The summed E-state index contributed by atoms with van der Waals surface area (Å²) in [6.45, 7) is 7.67. The molecule has 2 atom stereocenters. The van der Waals surface area contributed by atoms with E-state index in [1.165, 1.54) is 0 Å². The quantitative estimate of drug-likeness (QED) is 0.235. The summed E-state index contributed by atoms with van der Waals surface area (Å²) in [6.07, 6.45) is 3.36. The van der Waals surface area contributed by atoms with Gasteiger partial charge in [-0.15, -0.1) is 0 Å². The van der Waals surface area contributed by atoms with Gasteiger partial charge in [0.05, 0.1) is 6.04 Å². The Labute approximate surface area is 95.2 Å². The summed E-state index contributed by atoms with van der Waals surface area (Å²) in [5, 5.41) is 5.74. The third-order valence-electron chi connectivity index (χ3n) is 2.23. The Bertz CT molecular complexity index is 200. The second kappa shape index (κ2) is 7.48. The minimum atomic E-state index is 0.274. The van der Waals surface area contributed by atoms with E-state index in [1.54, 1.807) is 0 Å². The Morgan fingerprint density at radius 3 is 2.64 bits per heavy atom. The van der Waals surface area contributed by atoms with E-state index < -0.39 is 0 Å². The van der Waals surface area contributed by atoms with Crippen molar-refractivity contribution in [2.45, 2.75) is 46.1 Å². The third-order valence-corrected chi connectivity index (χ3v) is 2.55. The molecule has 2 unspecified atom stereocenters. The van der Waals surface area contributed by atoms with Gasteiger partial charge in [-0.05, 0) is 18.3 Å².